The van der Waals surface area contributed by atoms with Crippen molar-refractivity contribution in [3.05, 3.63) is 102 Å². The molecule has 4 aliphatic rings. The molecule has 1 heterocycles. The summed E-state index contributed by atoms with van der Waals surface area (Å²) in [5, 5.41) is 27.4. The third-order valence-electron chi connectivity index (χ3n) is 12.7. The van der Waals surface area contributed by atoms with E-state index < -0.39 is 23.8 Å². The number of ether oxygens (including phenoxy) is 5. The van der Waals surface area contributed by atoms with Crippen molar-refractivity contribution in [2.75, 3.05) is 46.0 Å². The number of carbonyl (C=O) groups is 2. The third-order valence-corrected chi connectivity index (χ3v) is 12.7. The number of benzene rings is 3. The number of anilines is 1. The summed E-state index contributed by atoms with van der Waals surface area (Å²) in [6.45, 7) is 6.60. The number of halogens is 1. The molecular formula is C49H60FN3O10. The first kappa shape index (κ1) is 45.6. The van der Waals surface area contributed by atoms with Crippen LogP contribution in [0.5, 0.6) is 23.0 Å². The Balaban J connectivity index is 1.39. The molecule has 14 heteroatoms. The lowest BCUT2D eigenvalue weighted by Gasteiger charge is -2.60. The summed E-state index contributed by atoms with van der Waals surface area (Å²) < 4.78 is 45.4. The number of nitrogens with one attached hydrogen (secondary N) is 1. The van der Waals surface area contributed by atoms with E-state index in [1.807, 2.05) is 17.9 Å². The number of aliphatic hydroxyl groups excluding tert-OH is 2. The maximum absolute atomic E-state index is 14.7. The number of nitrogens with zero attached hydrogens (tertiary/aromatic N) is 2. The predicted molar refractivity (Wildman–Crippen MR) is 235 cm³/mol. The molecule has 7 rings (SSSR count). The second kappa shape index (κ2) is 20.8. The summed E-state index contributed by atoms with van der Waals surface area (Å²) in [7, 11) is 3.04. The molecule has 3 N–H and O–H groups in total. The Morgan fingerprint density at radius 1 is 0.984 bits per heavy atom. The highest BCUT2D eigenvalue weighted by Crippen LogP contribution is 2.62. The molecule has 0 bridgehead atoms. The van der Waals surface area contributed by atoms with Gasteiger partial charge in [0.05, 0.1) is 38.1 Å². The molecule has 0 aromatic heterocycles. The Hall–Kier alpha value is -5.44. The van der Waals surface area contributed by atoms with E-state index >= 15 is 0 Å². The summed E-state index contributed by atoms with van der Waals surface area (Å²) >= 11 is 0. The Labute approximate surface area is 368 Å². The number of oxime groups is 1. The zero-order chi connectivity index (χ0) is 44.5. The largest absolute Gasteiger partial charge is 0.497 e. The Morgan fingerprint density at radius 3 is 2.41 bits per heavy atom. The minimum absolute atomic E-state index is 0.0109. The summed E-state index contributed by atoms with van der Waals surface area (Å²) in [6.07, 6.45) is 9.26. The zero-order valence-electron chi connectivity index (χ0n) is 36.4. The zero-order valence-corrected chi connectivity index (χ0v) is 36.4. The fraction of sp³-hybridized carbons (Fsp3) is 0.490. The first-order valence-corrected chi connectivity index (χ1v) is 22.1. The maximum atomic E-state index is 14.7. The molecule has 2 fully saturated rings. The summed E-state index contributed by atoms with van der Waals surface area (Å²) in [4.78, 5) is 35.9. The van der Waals surface area contributed by atoms with E-state index in [2.05, 4.69) is 18.0 Å². The van der Waals surface area contributed by atoms with Gasteiger partial charge in [0.1, 0.15) is 41.5 Å². The second-order valence-corrected chi connectivity index (χ2v) is 16.6. The molecule has 3 aliphatic carbocycles. The van der Waals surface area contributed by atoms with Crippen LogP contribution in [0.4, 0.5) is 14.9 Å². The highest BCUT2D eigenvalue weighted by Gasteiger charge is 2.66. The molecule has 13 nitrogen and oxygen atoms in total. The number of unbranched alkanes of at least 4 members (excludes halogenated alkanes) is 2. The van der Waals surface area contributed by atoms with Gasteiger partial charge < -0.3 is 43.6 Å². The fourth-order valence-electron chi connectivity index (χ4n) is 9.69. The molecule has 0 saturated heterocycles. The predicted octanol–water partition coefficient (Wildman–Crippen LogP) is 8.55. The SMILES string of the molecule is C=CCOC12Oc3ccc(OC(=O)Nc4ccc(OC)cc4OC)cc3C3C(CCCCO)C(CCCCO)C=C(C(=NOCC)CC1N(Cc1ccc(F)cc1)C(=O)C1CC1)C32. The highest BCUT2D eigenvalue weighted by molar-refractivity contribution is 6.03. The van der Waals surface area contributed by atoms with Gasteiger partial charge in [0, 0.05) is 49.6 Å². The van der Waals surface area contributed by atoms with E-state index in [0.29, 0.717) is 48.1 Å². The van der Waals surface area contributed by atoms with Crippen LogP contribution >= 0.6 is 0 Å². The number of hydrogen-bond acceptors (Lipinski definition) is 11. The first-order chi connectivity index (χ1) is 30.7. The van der Waals surface area contributed by atoms with E-state index in [1.165, 1.54) is 19.2 Å². The van der Waals surface area contributed by atoms with Gasteiger partial charge in [-0.2, -0.15) is 0 Å². The lowest BCUT2D eigenvalue weighted by molar-refractivity contribution is -0.258. The molecule has 6 unspecified atom stereocenters. The quantitative estimate of drug-likeness (QED) is 0.0539. The van der Waals surface area contributed by atoms with Crippen LogP contribution in [0, 0.1) is 29.5 Å². The molecule has 0 radical (unpaired) electrons. The van der Waals surface area contributed by atoms with Crippen LogP contribution in [0.15, 0.2) is 90.1 Å². The number of rotatable bonds is 21. The molecule has 2 amide bonds. The Morgan fingerprint density at radius 2 is 1.73 bits per heavy atom. The van der Waals surface area contributed by atoms with E-state index in [-0.39, 0.29) is 73.9 Å². The highest BCUT2D eigenvalue weighted by atomic mass is 19.1. The van der Waals surface area contributed by atoms with Gasteiger partial charge in [0.15, 0.2) is 0 Å². The second-order valence-electron chi connectivity index (χ2n) is 16.6. The van der Waals surface area contributed by atoms with Gasteiger partial charge in [0.2, 0.25) is 11.7 Å². The smallest absolute Gasteiger partial charge is 0.417 e. The monoisotopic (exact) mass is 869 g/mol. The molecule has 6 atom stereocenters. The number of hydrogen-bond donors (Lipinski definition) is 3. The molecule has 338 valence electrons. The molecule has 0 spiro atoms. The fourth-order valence-corrected chi connectivity index (χ4v) is 9.69. The van der Waals surface area contributed by atoms with Crippen molar-refractivity contribution in [1.82, 2.24) is 4.90 Å². The number of amides is 2. The number of carbonyl (C=O) groups excluding carboxylic acids is 2. The number of methoxy groups -OCH3 is 2. The van der Waals surface area contributed by atoms with Crippen molar-refractivity contribution in [3.63, 3.8) is 0 Å². The lowest BCUT2D eigenvalue weighted by atomic mass is 9.55. The summed E-state index contributed by atoms with van der Waals surface area (Å²) in [5.74, 6) is -1.21. The van der Waals surface area contributed by atoms with Crippen LogP contribution in [-0.2, 0) is 20.9 Å². The van der Waals surface area contributed by atoms with Gasteiger partial charge in [-0.1, -0.05) is 42.3 Å². The average Bonchev–Trinajstić information content (AvgIpc) is 4.15. The number of allylic oxidation sites excluding steroid dienone is 1. The standard InChI is InChI=1S/C49H60FN3O10/c1-5-25-60-49-44(53(47(56)32-15-16-32)30-31-13-17-34(50)18-14-31)29-41(52-61-6-2)38-26-33(11-7-9-23-54)37(12-8-10-24-55)45(46(38)49)39-27-36(20-22-42(39)63-49)62-48(57)51-40-21-19-35(58-3)28-43(40)59-4/h5,13-14,17-22,26-28,32-33,37,44-46,54-55H,1,6-12,15-16,23-25,29-30H2,2-4H3,(H,51,57). The van der Waals surface area contributed by atoms with Gasteiger partial charge in [-0.15, -0.1) is 6.58 Å². The number of fused-ring (bicyclic) bond motifs is 2. The van der Waals surface area contributed by atoms with E-state index in [0.717, 1.165) is 55.2 Å². The van der Waals surface area contributed by atoms with Crippen LogP contribution in [0.1, 0.15) is 81.8 Å². The first-order valence-electron chi connectivity index (χ1n) is 22.1. The summed E-state index contributed by atoms with van der Waals surface area (Å²) in [6, 6.07) is 15.8. The van der Waals surface area contributed by atoms with Crippen LogP contribution in [-0.4, -0.2) is 85.3 Å². The van der Waals surface area contributed by atoms with Gasteiger partial charge in [-0.05, 0) is 111 Å². The molecule has 3 aromatic rings. The van der Waals surface area contributed by atoms with Gasteiger partial charge >= 0.3 is 6.09 Å². The normalized spacial score (nSPS) is 23.9. The van der Waals surface area contributed by atoms with Crippen LogP contribution in [0.25, 0.3) is 0 Å². The molecule has 1 aliphatic heterocycles. The van der Waals surface area contributed by atoms with Gasteiger partial charge in [0.25, 0.3) is 0 Å². The molecule has 2 saturated carbocycles. The van der Waals surface area contributed by atoms with Crippen molar-refractivity contribution in [2.45, 2.75) is 89.0 Å². The van der Waals surface area contributed by atoms with E-state index in [9.17, 15) is 24.2 Å². The van der Waals surface area contributed by atoms with Crippen molar-refractivity contribution >= 4 is 23.4 Å². The third kappa shape index (κ3) is 10.0. The minimum atomic E-state index is -1.47. The van der Waals surface area contributed by atoms with E-state index in [4.69, 9.17) is 33.7 Å². The maximum Gasteiger partial charge on any atom is 0.417 e. The van der Waals surface area contributed by atoms with Gasteiger partial charge in [-0.3, -0.25) is 10.1 Å². The van der Waals surface area contributed by atoms with Crippen molar-refractivity contribution in [2.24, 2.45) is 28.8 Å². The Kier molecular flexibility index (Phi) is 15.1. The van der Waals surface area contributed by atoms with Crippen molar-refractivity contribution in [1.29, 1.82) is 0 Å². The lowest BCUT2D eigenvalue weighted by Crippen LogP contribution is -2.70. The number of aliphatic hydroxyl groups is 2. The Bertz CT molecular complexity index is 2140. The van der Waals surface area contributed by atoms with Gasteiger partial charge in [-0.25, -0.2) is 9.18 Å². The molecule has 63 heavy (non-hydrogen) atoms. The topological polar surface area (TPSA) is 158 Å². The van der Waals surface area contributed by atoms with Crippen molar-refractivity contribution < 1.29 is 52.7 Å². The average molecular weight is 870 g/mol. The minimum Gasteiger partial charge on any atom is -0.497 e. The van der Waals surface area contributed by atoms with E-state index in [1.54, 1.807) is 55.7 Å². The van der Waals surface area contributed by atoms with Crippen LogP contribution in [0.2, 0.25) is 0 Å². The summed E-state index contributed by atoms with van der Waals surface area (Å²) in [5.41, 5.74) is 3.51. The van der Waals surface area contributed by atoms with Crippen LogP contribution < -0.4 is 24.3 Å². The van der Waals surface area contributed by atoms with Crippen molar-refractivity contribution in [3.8, 4) is 23.0 Å². The van der Waals surface area contributed by atoms with Crippen LogP contribution in [0.3, 0.4) is 0 Å². The molecular weight excluding hydrogens is 810 g/mol. The molecule has 3 aromatic carbocycles.